The molecule has 1 aromatic rings. The molecule has 1 aromatic carbocycles. The van der Waals surface area contributed by atoms with Gasteiger partial charge in [0.1, 0.15) is 0 Å². The maximum absolute atomic E-state index is 11.6. The van der Waals surface area contributed by atoms with E-state index in [4.69, 9.17) is 5.73 Å². The molecule has 1 unspecified atom stereocenters. The molecule has 0 aromatic heterocycles. The molecule has 104 valence electrons. The summed E-state index contributed by atoms with van der Waals surface area (Å²) in [6.45, 7) is 5.09. The van der Waals surface area contributed by atoms with Crippen molar-refractivity contribution >= 4 is 21.4 Å². The van der Waals surface area contributed by atoms with Crippen molar-refractivity contribution in [1.29, 1.82) is 0 Å². The summed E-state index contributed by atoms with van der Waals surface area (Å²) in [5, 5.41) is 2.62. The number of sulfone groups is 1. The zero-order chi connectivity index (χ0) is 14.5. The highest BCUT2D eigenvalue weighted by molar-refractivity contribution is 7.91. The van der Waals surface area contributed by atoms with E-state index < -0.39 is 15.9 Å². The van der Waals surface area contributed by atoms with Gasteiger partial charge in [-0.2, -0.15) is 0 Å². The summed E-state index contributed by atoms with van der Waals surface area (Å²) >= 11 is 0. The first-order valence-corrected chi connectivity index (χ1v) is 7.56. The molecule has 0 aliphatic heterocycles. The summed E-state index contributed by atoms with van der Waals surface area (Å²) in [5.74, 6) is -0.283. The summed E-state index contributed by atoms with van der Waals surface area (Å²) in [6.07, 6.45) is 1.95. The average molecular weight is 282 g/mol. The van der Waals surface area contributed by atoms with Gasteiger partial charge in [-0.05, 0) is 30.7 Å². The van der Waals surface area contributed by atoms with Crippen LogP contribution in [0.4, 0.5) is 5.69 Å². The second-order valence-corrected chi connectivity index (χ2v) is 6.33. The molecule has 0 fully saturated rings. The van der Waals surface area contributed by atoms with Crippen molar-refractivity contribution in [3.8, 4) is 0 Å². The molecule has 1 rings (SSSR count). The molecular weight excluding hydrogens is 264 g/mol. The molecule has 19 heavy (non-hydrogen) atoms. The van der Waals surface area contributed by atoms with Gasteiger partial charge in [0.15, 0.2) is 9.84 Å². The highest BCUT2D eigenvalue weighted by Gasteiger charge is 2.13. The van der Waals surface area contributed by atoms with Crippen LogP contribution in [0, 0.1) is 0 Å². The van der Waals surface area contributed by atoms with Crippen LogP contribution < -0.4 is 11.1 Å². The lowest BCUT2D eigenvalue weighted by Crippen LogP contribution is -2.35. The summed E-state index contributed by atoms with van der Waals surface area (Å²) in [6, 6.07) is 5.36. The van der Waals surface area contributed by atoms with Crippen LogP contribution >= 0.6 is 0 Å². The number of nitrogens with one attached hydrogen (secondary N) is 1. The third kappa shape index (κ3) is 4.18. The molecule has 0 saturated heterocycles. The monoisotopic (exact) mass is 282 g/mol. The summed E-state index contributed by atoms with van der Waals surface area (Å²) in [7, 11) is -3.22. The van der Waals surface area contributed by atoms with E-state index >= 15 is 0 Å². The van der Waals surface area contributed by atoms with Crippen molar-refractivity contribution in [2.24, 2.45) is 5.73 Å². The Balaban J connectivity index is 2.78. The van der Waals surface area contributed by atoms with Gasteiger partial charge in [0.25, 0.3) is 0 Å². The minimum atomic E-state index is -3.22. The molecule has 0 bridgehead atoms. The maximum atomic E-state index is 11.6. The second-order valence-electron chi connectivity index (χ2n) is 4.05. The fourth-order valence-electron chi connectivity index (χ4n) is 1.43. The summed E-state index contributed by atoms with van der Waals surface area (Å²) < 4.78 is 23.2. The van der Waals surface area contributed by atoms with Crippen LogP contribution in [0.1, 0.15) is 13.3 Å². The zero-order valence-electron chi connectivity index (χ0n) is 10.8. The Labute approximate surface area is 113 Å². The Kier molecular flexibility index (Phi) is 5.26. The molecule has 0 aliphatic rings. The third-order valence-electron chi connectivity index (χ3n) is 2.62. The SMILES string of the molecule is C=CCC(N)C(=O)Nc1ccc(S(=O)(=O)CC)cc1. The molecule has 1 amide bonds. The Morgan fingerprint density at radius 3 is 2.47 bits per heavy atom. The number of hydrogen-bond donors (Lipinski definition) is 2. The minimum absolute atomic E-state index is 0.0446. The number of carbonyl (C=O) groups excluding carboxylic acids is 1. The number of nitrogens with two attached hydrogens (primary N) is 1. The zero-order valence-corrected chi connectivity index (χ0v) is 11.6. The van der Waals surface area contributed by atoms with Gasteiger partial charge in [-0.1, -0.05) is 13.0 Å². The van der Waals surface area contributed by atoms with E-state index in [1.54, 1.807) is 25.1 Å². The van der Waals surface area contributed by atoms with Crippen LogP contribution in [0.25, 0.3) is 0 Å². The van der Waals surface area contributed by atoms with E-state index in [0.29, 0.717) is 12.1 Å². The molecule has 0 radical (unpaired) electrons. The van der Waals surface area contributed by atoms with Gasteiger partial charge in [0.2, 0.25) is 5.91 Å². The van der Waals surface area contributed by atoms with E-state index in [9.17, 15) is 13.2 Å². The Hall–Kier alpha value is -1.66. The van der Waals surface area contributed by atoms with Crippen LogP contribution in [0.3, 0.4) is 0 Å². The van der Waals surface area contributed by atoms with E-state index in [-0.39, 0.29) is 16.6 Å². The molecule has 0 spiro atoms. The van der Waals surface area contributed by atoms with Gasteiger partial charge < -0.3 is 11.1 Å². The van der Waals surface area contributed by atoms with Gasteiger partial charge in [-0.3, -0.25) is 4.79 Å². The number of anilines is 1. The smallest absolute Gasteiger partial charge is 0.241 e. The van der Waals surface area contributed by atoms with E-state index in [1.807, 2.05) is 0 Å². The summed E-state index contributed by atoms with van der Waals surface area (Å²) in [5.41, 5.74) is 6.13. The molecule has 1 atom stereocenters. The number of benzene rings is 1. The largest absolute Gasteiger partial charge is 0.325 e. The van der Waals surface area contributed by atoms with Crippen molar-refractivity contribution in [3.63, 3.8) is 0 Å². The van der Waals surface area contributed by atoms with Crippen LogP contribution in [-0.4, -0.2) is 26.1 Å². The van der Waals surface area contributed by atoms with Crippen molar-refractivity contribution in [2.45, 2.75) is 24.3 Å². The molecule has 0 aliphatic carbocycles. The standard InChI is InChI=1S/C13H18N2O3S/c1-3-5-12(14)13(16)15-10-6-8-11(9-7-10)19(17,18)4-2/h3,6-9,12H,1,4-5,14H2,2H3,(H,15,16). The van der Waals surface area contributed by atoms with Crippen molar-refractivity contribution in [3.05, 3.63) is 36.9 Å². The van der Waals surface area contributed by atoms with Crippen LogP contribution in [-0.2, 0) is 14.6 Å². The van der Waals surface area contributed by atoms with Crippen LogP contribution in [0.15, 0.2) is 41.8 Å². The number of amides is 1. The Morgan fingerprint density at radius 1 is 1.42 bits per heavy atom. The lowest BCUT2D eigenvalue weighted by molar-refractivity contribution is -0.117. The minimum Gasteiger partial charge on any atom is -0.325 e. The van der Waals surface area contributed by atoms with Crippen LogP contribution in [0.5, 0.6) is 0 Å². The van der Waals surface area contributed by atoms with Crippen molar-refractivity contribution in [2.75, 3.05) is 11.1 Å². The molecule has 3 N–H and O–H groups in total. The van der Waals surface area contributed by atoms with E-state index in [2.05, 4.69) is 11.9 Å². The predicted octanol–water partition coefficient (Wildman–Crippen LogP) is 1.32. The molecule has 0 heterocycles. The number of carbonyl (C=O) groups is 1. The fraction of sp³-hybridized carbons (Fsp3) is 0.308. The number of hydrogen-bond acceptors (Lipinski definition) is 4. The van der Waals surface area contributed by atoms with E-state index in [0.717, 1.165) is 0 Å². The fourth-order valence-corrected chi connectivity index (χ4v) is 2.32. The highest BCUT2D eigenvalue weighted by atomic mass is 32.2. The van der Waals surface area contributed by atoms with Gasteiger partial charge >= 0.3 is 0 Å². The molecular formula is C13H18N2O3S. The molecule has 5 nitrogen and oxygen atoms in total. The average Bonchev–Trinajstić information content (AvgIpc) is 2.39. The predicted molar refractivity (Wildman–Crippen MR) is 75.6 cm³/mol. The molecule has 6 heteroatoms. The number of rotatable bonds is 6. The highest BCUT2D eigenvalue weighted by Crippen LogP contribution is 2.15. The normalized spacial score (nSPS) is 12.7. The van der Waals surface area contributed by atoms with Crippen molar-refractivity contribution < 1.29 is 13.2 Å². The first-order chi connectivity index (χ1) is 8.90. The van der Waals surface area contributed by atoms with Gasteiger partial charge in [0.05, 0.1) is 16.7 Å². The lowest BCUT2D eigenvalue weighted by atomic mass is 10.2. The van der Waals surface area contributed by atoms with Crippen LogP contribution in [0.2, 0.25) is 0 Å². The van der Waals surface area contributed by atoms with Gasteiger partial charge in [-0.15, -0.1) is 6.58 Å². The van der Waals surface area contributed by atoms with E-state index in [1.165, 1.54) is 12.1 Å². The lowest BCUT2D eigenvalue weighted by Gasteiger charge is -2.10. The second kappa shape index (κ2) is 6.49. The maximum Gasteiger partial charge on any atom is 0.241 e. The molecule has 0 saturated carbocycles. The first-order valence-electron chi connectivity index (χ1n) is 5.91. The topological polar surface area (TPSA) is 89.3 Å². The first kappa shape index (κ1) is 15.4. The third-order valence-corrected chi connectivity index (χ3v) is 4.37. The Bertz CT molecular complexity index is 550. The van der Waals surface area contributed by atoms with Crippen molar-refractivity contribution in [1.82, 2.24) is 0 Å². The Morgan fingerprint density at radius 2 is 2.00 bits per heavy atom. The summed E-state index contributed by atoms with van der Waals surface area (Å²) in [4.78, 5) is 11.9. The van der Waals surface area contributed by atoms with Gasteiger partial charge in [-0.25, -0.2) is 8.42 Å². The van der Waals surface area contributed by atoms with Gasteiger partial charge in [0, 0.05) is 5.69 Å². The quantitative estimate of drug-likeness (QED) is 0.770.